The maximum absolute atomic E-state index is 11.4. The van der Waals surface area contributed by atoms with Crippen molar-refractivity contribution in [2.75, 3.05) is 6.61 Å². The summed E-state index contributed by atoms with van der Waals surface area (Å²) in [4.78, 5) is 22.4. The summed E-state index contributed by atoms with van der Waals surface area (Å²) in [6, 6.07) is 0. The molecule has 0 heterocycles. The maximum atomic E-state index is 11.4. The molecule has 1 atom stereocenters. The van der Waals surface area contributed by atoms with Crippen LogP contribution in [0.2, 0.25) is 0 Å². The van der Waals surface area contributed by atoms with Crippen LogP contribution < -0.4 is 0 Å². The molecule has 0 bridgehead atoms. The Labute approximate surface area is 157 Å². The average Bonchev–Trinajstić information content (AvgIpc) is 2.64. The number of hydrogen-bond acceptors (Lipinski definition) is 5. The number of hydrogen-bond donors (Lipinski definition) is 2. The van der Waals surface area contributed by atoms with Gasteiger partial charge in [-0.25, -0.2) is 4.79 Å². The minimum atomic E-state index is -1.64. The van der Waals surface area contributed by atoms with Gasteiger partial charge in [-0.2, -0.15) is 0 Å². The largest absolute Gasteiger partial charge is 0.393 e. The third-order valence-corrected chi connectivity index (χ3v) is 3.69. The Kier molecular flexibility index (Phi) is 16.9. The molecule has 0 aromatic rings. The molecule has 0 rings (SSSR count). The fourth-order valence-electron chi connectivity index (χ4n) is 2.19. The molecule has 0 fully saturated rings. The topological polar surface area (TPSA) is 83.8 Å². The molecule has 0 aliphatic rings. The van der Waals surface area contributed by atoms with Gasteiger partial charge in [0.1, 0.15) is 0 Å². The van der Waals surface area contributed by atoms with E-state index in [1.54, 1.807) is 0 Å². The molecular weight excluding hydrogens is 332 g/mol. The van der Waals surface area contributed by atoms with Crippen molar-refractivity contribution in [2.24, 2.45) is 0 Å². The molecular formula is C21H34O5. The van der Waals surface area contributed by atoms with E-state index in [-0.39, 0.29) is 6.42 Å². The van der Waals surface area contributed by atoms with Crippen molar-refractivity contribution < 1.29 is 24.5 Å². The van der Waals surface area contributed by atoms with E-state index in [4.69, 9.17) is 10.2 Å². The van der Waals surface area contributed by atoms with Gasteiger partial charge in [-0.15, -0.1) is 0 Å². The van der Waals surface area contributed by atoms with Crippen LogP contribution in [0, 0.1) is 0 Å². The van der Waals surface area contributed by atoms with Crippen LogP contribution in [0.5, 0.6) is 0 Å². The lowest BCUT2D eigenvalue weighted by atomic mass is 10.1. The van der Waals surface area contributed by atoms with E-state index in [1.165, 1.54) is 0 Å². The number of aliphatic hydroxyl groups is 2. The summed E-state index contributed by atoms with van der Waals surface area (Å²) in [5.74, 6) is -1.74. The van der Waals surface area contributed by atoms with Crippen molar-refractivity contribution in [2.45, 2.75) is 77.2 Å². The minimum Gasteiger partial charge on any atom is -0.393 e. The molecule has 0 radical (unpaired) electrons. The molecule has 0 spiro atoms. The second kappa shape index (κ2) is 18.1. The van der Waals surface area contributed by atoms with Crippen molar-refractivity contribution in [3.8, 4) is 0 Å². The summed E-state index contributed by atoms with van der Waals surface area (Å²) in [5, 5.41) is 17.6. The zero-order chi connectivity index (χ0) is 19.5. The van der Waals surface area contributed by atoms with Gasteiger partial charge < -0.3 is 14.9 Å². The Hall–Kier alpha value is -1.72. The Balaban J connectivity index is 3.45. The van der Waals surface area contributed by atoms with E-state index in [0.717, 1.165) is 51.4 Å². The normalized spacial score (nSPS) is 13.0. The Morgan fingerprint density at radius 3 is 2.12 bits per heavy atom. The first-order valence-electron chi connectivity index (χ1n) is 9.60. The number of rotatable bonds is 15. The van der Waals surface area contributed by atoms with Crippen LogP contribution in [-0.4, -0.2) is 34.9 Å². The van der Waals surface area contributed by atoms with E-state index in [2.05, 4.69) is 48.1 Å². The molecule has 0 saturated carbocycles. The van der Waals surface area contributed by atoms with Crippen LogP contribution in [-0.2, 0) is 14.3 Å². The first-order valence-corrected chi connectivity index (χ1v) is 9.60. The molecule has 0 amide bonds. The molecule has 1 unspecified atom stereocenters. The lowest BCUT2D eigenvalue weighted by Gasteiger charge is -2.06. The van der Waals surface area contributed by atoms with Gasteiger partial charge in [-0.3, -0.25) is 4.79 Å². The average molecular weight is 366 g/mol. The second-order valence-corrected chi connectivity index (χ2v) is 6.09. The predicted molar refractivity (Wildman–Crippen MR) is 103 cm³/mol. The standard InChI is InChI=1S/C21H34O5/c1-2-3-4-5-6-7-8-9-10-11-12-13-14-15-16-17-20(24)26-21(25)19(23)18-22/h3-4,6-7,9-10,19,22-23H,2,5,8,11-18H2,1H3/b4-3-,7-6-,10-9-. The molecule has 0 aromatic heterocycles. The summed E-state index contributed by atoms with van der Waals surface area (Å²) in [5.41, 5.74) is 0. The van der Waals surface area contributed by atoms with Gasteiger partial charge in [-0.05, 0) is 38.5 Å². The van der Waals surface area contributed by atoms with Crippen LogP contribution in [0.15, 0.2) is 36.5 Å². The number of unbranched alkanes of at least 4 members (excludes halogenated alkanes) is 5. The summed E-state index contributed by atoms with van der Waals surface area (Å²) in [6.45, 7) is 1.39. The molecule has 0 aromatic carbocycles. The van der Waals surface area contributed by atoms with Crippen LogP contribution >= 0.6 is 0 Å². The maximum Gasteiger partial charge on any atom is 0.345 e. The Morgan fingerprint density at radius 2 is 1.46 bits per heavy atom. The monoisotopic (exact) mass is 366 g/mol. The second-order valence-electron chi connectivity index (χ2n) is 6.09. The highest BCUT2D eigenvalue weighted by Gasteiger charge is 2.18. The molecule has 148 valence electrons. The van der Waals surface area contributed by atoms with Crippen LogP contribution in [0.4, 0.5) is 0 Å². The zero-order valence-corrected chi connectivity index (χ0v) is 15.9. The fraction of sp³-hybridized carbons (Fsp3) is 0.619. The summed E-state index contributed by atoms with van der Waals surface area (Å²) >= 11 is 0. The van der Waals surface area contributed by atoms with Gasteiger partial charge in [0.25, 0.3) is 0 Å². The van der Waals surface area contributed by atoms with Gasteiger partial charge in [-0.1, -0.05) is 62.6 Å². The van der Waals surface area contributed by atoms with Crippen molar-refractivity contribution in [3.05, 3.63) is 36.5 Å². The lowest BCUT2D eigenvalue weighted by molar-refractivity contribution is -0.167. The van der Waals surface area contributed by atoms with E-state index in [1.807, 2.05) is 0 Å². The number of aliphatic hydroxyl groups excluding tert-OH is 2. The smallest absolute Gasteiger partial charge is 0.345 e. The number of allylic oxidation sites excluding steroid dienone is 6. The highest BCUT2D eigenvalue weighted by molar-refractivity contribution is 5.87. The van der Waals surface area contributed by atoms with Gasteiger partial charge in [0.05, 0.1) is 6.61 Å². The van der Waals surface area contributed by atoms with Crippen LogP contribution in [0.3, 0.4) is 0 Å². The summed E-state index contributed by atoms with van der Waals surface area (Å²) in [6.07, 6.45) is 20.6. The third kappa shape index (κ3) is 15.8. The molecule has 0 saturated heterocycles. The third-order valence-electron chi connectivity index (χ3n) is 3.69. The fourth-order valence-corrected chi connectivity index (χ4v) is 2.19. The number of esters is 2. The first kappa shape index (κ1) is 24.3. The molecule has 5 heteroatoms. The molecule has 0 aliphatic carbocycles. The highest BCUT2D eigenvalue weighted by Crippen LogP contribution is 2.08. The SMILES string of the molecule is CC/C=C\C/C=C\C/C=C\CCCCCCCC(=O)OC(=O)C(O)CO. The number of carbonyl (C=O) groups excluding carboxylic acids is 2. The van der Waals surface area contributed by atoms with Crippen molar-refractivity contribution >= 4 is 11.9 Å². The quantitative estimate of drug-likeness (QED) is 0.198. The van der Waals surface area contributed by atoms with Crippen molar-refractivity contribution in [3.63, 3.8) is 0 Å². The molecule has 5 nitrogen and oxygen atoms in total. The van der Waals surface area contributed by atoms with E-state index in [0.29, 0.717) is 6.42 Å². The van der Waals surface area contributed by atoms with E-state index in [9.17, 15) is 9.59 Å². The molecule has 0 aliphatic heterocycles. The summed E-state index contributed by atoms with van der Waals surface area (Å²) < 4.78 is 4.42. The highest BCUT2D eigenvalue weighted by atomic mass is 16.6. The van der Waals surface area contributed by atoms with E-state index < -0.39 is 24.6 Å². The first-order chi connectivity index (χ1) is 12.6. The van der Waals surface area contributed by atoms with Gasteiger partial charge in [0, 0.05) is 6.42 Å². The Bertz CT molecular complexity index is 451. The Morgan fingerprint density at radius 1 is 0.885 bits per heavy atom. The number of ether oxygens (including phenoxy) is 1. The van der Waals surface area contributed by atoms with Crippen LogP contribution in [0.25, 0.3) is 0 Å². The van der Waals surface area contributed by atoms with Crippen LogP contribution in [0.1, 0.15) is 71.1 Å². The molecule has 2 N–H and O–H groups in total. The molecule has 26 heavy (non-hydrogen) atoms. The summed E-state index contributed by atoms with van der Waals surface area (Å²) in [7, 11) is 0. The van der Waals surface area contributed by atoms with E-state index >= 15 is 0 Å². The van der Waals surface area contributed by atoms with Gasteiger partial charge in [0.15, 0.2) is 6.10 Å². The predicted octanol–water partition coefficient (Wildman–Crippen LogP) is 4.00. The van der Waals surface area contributed by atoms with Crippen molar-refractivity contribution in [1.29, 1.82) is 0 Å². The van der Waals surface area contributed by atoms with Crippen molar-refractivity contribution in [1.82, 2.24) is 0 Å². The zero-order valence-electron chi connectivity index (χ0n) is 15.9. The lowest BCUT2D eigenvalue weighted by Crippen LogP contribution is -2.28. The minimum absolute atomic E-state index is 0.156. The van der Waals surface area contributed by atoms with Gasteiger partial charge in [0.2, 0.25) is 0 Å². The number of carbonyl (C=O) groups is 2. The van der Waals surface area contributed by atoms with Gasteiger partial charge >= 0.3 is 11.9 Å².